The number of hydrogen-bond donors (Lipinski definition) is 0. The van der Waals surface area contributed by atoms with Gasteiger partial charge in [-0.2, -0.15) is 0 Å². The number of carbonyl (C=O) groups is 2. The van der Waals surface area contributed by atoms with Crippen molar-refractivity contribution >= 4 is 55.5 Å². The van der Waals surface area contributed by atoms with Crippen molar-refractivity contribution in [3.05, 3.63) is 77.9 Å². The molecule has 0 saturated carbocycles. The predicted octanol–water partition coefficient (Wildman–Crippen LogP) is 8.02. The van der Waals surface area contributed by atoms with Crippen molar-refractivity contribution in [2.75, 3.05) is 6.54 Å². The fourth-order valence-corrected chi connectivity index (χ4v) is 6.90. The highest BCUT2D eigenvalue weighted by atomic mass is 32.1. The normalized spacial score (nSPS) is 13.3. The molecule has 0 saturated heterocycles. The van der Waals surface area contributed by atoms with E-state index in [0.717, 1.165) is 62.3 Å². The maximum atomic E-state index is 13.3. The third-order valence-corrected chi connectivity index (χ3v) is 8.93. The second-order valence-corrected chi connectivity index (χ2v) is 11.0. The second-order valence-electron chi connectivity index (χ2n) is 8.86. The van der Waals surface area contributed by atoms with Gasteiger partial charge in [-0.1, -0.05) is 56.5 Å². The van der Waals surface area contributed by atoms with Gasteiger partial charge in [0.05, 0.1) is 15.1 Å². The fraction of sp³-hybridized carbons (Fsp3) is 0.207. The van der Waals surface area contributed by atoms with Crippen molar-refractivity contribution in [1.82, 2.24) is 9.88 Å². The van der Waals surface area contributed by atoms with Gasteiger partial charge in [-0.25, -0.2) is 4.98 Å². The van der Waals surface area contributed by atoms with E-state index in [0.29, 0.717) is 17.7 Å². The summed E-state index contributed by atoms with van der Waals surface area (Å²) in [4.78, 5) is 35.1. The Morgan fingerprint density at radius 3 is 2.34 bits per heavy atom. The summed E-state index contributed by atoms with van der Waals surface area (Å²) in [6, 6.07) is 22.1. The van der Waals surface area contributed by atoms with Crippen LogP contribution in [0.5, 0.6) is 0 Å². The molecular formula is C29H24N2O2S2. The number of nitrogens with zero attached hydrogens (tertiary/aromatic N) is 2. The number of thiophene rings is 1. The molecular weight excluding hydrogens is 472 g/mol. The van der Waals surface area contributed by atoms with Crippen LogP contribution < -0.4 is 0 Å². The number of thiazole rings is 1. The highest BCUT2D eigenvalue weighted by molar-refractivity contribution is 7.26. The Labute approximate surface area is 211 Å². The molecule has 0 N–H and O–H groups in total. The summed E-state index contributed by atoms with van der Waals surface area (Å²) in [5.41, 5.74) is 3.30. The number of para-hydroxylation sites is 1. The van der Waals surface area contributed by atoms with Crippen LogP contribution in [0.2, 0.25) is 0 Å². The average Bonchev–Trinajstić information content (AvgIpc) is 3.54. The van der Waals surface area contributed by atoms with E-state index in [2.05, 4.69) is 25.1 Å². The largest absolute Gasteiger partial charge is 0.274 e. The molecule has 0 fully saturated rings. The first-order valence-electron chi connectivity index (χ1n) is 12.0. The minimum atomic E-state index is -0.178. The number of aromatic nitrogens is 1. The standard InChI is InChI=1S/C29H24N2O2S2/c1-2-3-4-7-17-31-28(32)20-10-8-9-19-18(13-14-21(26(19)20)29(31)33)23-15-16-25(34-23)27-30-22-11-5-6-12-24(22)35-27/h5-6,8-16H,2-4,7,17H2,1H3. The summed E-state index contributed by atoms with van der Waals surface area (Å²) >= 11 is 3.39. The first-order chi connectivity index (χ1) is 17.2. The van der Waals surface area contributed by atoms with Crippen LogP contribution in [0.4, 0.5) is 0 Å². The van der Waals surface area contributed by atoms with Crippen LogP contribution in [0.1, 0.15) is 53.3 Å². The van der Waals surface area contributed by atoms with Crippen LogP contribution >= 0.6 is 22.7 Å². The molecule has 6 rings (SSSR count). The quantitative estimate of drug-likeness (QED) is 0.169. The third kappa shape index (κ3) is 3.77. The number of rotatable bonds is 7. The second kappa shape index (κ2) is 9.02. The van der Waals surface area contributed by atoms with Crippen LogP contribution in [-0.4, -0.2) is 28.2 Å². The van der Waals surface area contributed by atoms with Gasteiger partial charge in [0.2, 0.25) is 0 Å². The number of hydrogen-bond acceptors (Lipinski definition) is 5. The minimum absolute atomic E-state index is 0.178. The maximum absolute atomic E-state index is 13.3. The third-order valence-electron chi connectivity index (χ3n) is 6.60. The first kappa shape index (κ1) is 22.1. The molecule has 0 atom stereocenters. The van der Waals surface area contributed by atoms with Gasteiger partial charge < -0.3 is 0 Å². The van der Waals surface area contributed by atoms with Crippen LogP contribution in [0, 0.1) is 0 Å². The minimum Gasteiger partial charge on any atom is -0.274 e. The monoisotopic (exact) mass is 496 g/mol. The van der Waals surface area contributed by atoms with Crippen molar-refractivity contribution in [2.45, 2.75) is 32.6 Å². The number of imide groups is 1. The summed E-state index contributed by atoms with van der Waals surface area (Å²) in [5.74, 6) is -0.355. The molecule has 0 bridgehead atoms. The van der Waals surface area contributed by atoms with Gasteiger partial charge in [-0.05, 0) is 53.8 Å². The average molecular weight is 497 g/mol. The van der Waals surface area contributed by atoms with Gasteiger partial charge in [0, 0.05) is 27.9 Å². The molecule has 174 valence electrons. The van der Waals surface area contributed by atoms with E-state index in [-0.39, 0.29) is 11.8 Å². The van der Waals surface area contributed by atoms with Gasteiger partial charge in [0.25, 0.3) is 11.8 Å². The van der Waals surface area contributed by atoms with Gasteiger partial charge in [0.15, 0.2) is 0 Å². The molecule has 1 aliphatic rings. The van der Waals surface area contributed by atoms with E-state index >= 15 is 0 Å². The molecule has 35 heavy (non-hydrogen) atoms. The summed E-state index contributed by atoms with van der Waals surface area (Å²) in [6.07, 6.45) is 4.11. The van der Waals surface area contributed by atoms with E-state index in [4.69, 9.17) is 4.98 Å². The lowest BCUT2D eigenvalue weighted by atomic mass is 9.90. The number of fused-ring (bicyclic) bond motifs is 1. The zero-order valence-electron chi connectivity index (χ0n) is 19.4. The molecule has 4 nitrogen and oxygen atoms in total. The SMILES string of the molecule is CCCCCCN1C(=O)c2cccc3c(-c4ccc(-c5nc6ccccc6s5)s4)ccc(c23)C1=O. The van der Waals surface area contributed by atoms with Crippen molar-refractivity contribution in [2.24, 2.45) is 0 Å². The molecule has 2 aromatic heterocycles. The summed E-state index contributed by atoms with van der Waals surface area (Å²) < 4.78 is 1.18. The molecule has 0 unspecified atom stereocenters. The molecule has 0 spiro atoms. The molecule has 2 amide bonds. The van der Waals surface area contributed by atoms with E-state index in [9.17, 15) is 9.59 Å². The van der Waals surface area contributed by atoms with E-state index in [1.807, 2.05) is 48.5 Å². The molecule has 0 aliphatic carbocycles. The predicted molar refractivity (Wildman–Crippen MR) is 145 cm³/mol. The lowest BCUT2D eigenvalue weighted by Gasteiger charge is -2.27. The number of unbranched alkanes of at least 4 members (excludes halogenated alkanes) is 3. The van der Waals surface area contributed by atoms with Gasteiger partial charge in [-0.15, -0.1) is 22.7 Å². The Morgan fingerprint density at radius 2 is 1.51 bits per heavy atom. The number of carbonyl (C=O) groups excluding carboxylic acids is 2. The van der Waals surface area contributed by atoms with Crippen molar-refractivity contribution in [3.63, 3.8) is 0 Å². The Kier molecular flexibility index (Phi) is 5.71. The lowest BCUT2D eigenvalue weighted by molar-refractivity contribution is 0.0608. The Hall–Kier alpha value is -3.35. The van der Waals surface area contributed by atoms with Gasteiger partial charge in [-0.3, -0.25) is 14.5 Å². The van der Waals surface area contributed by atoms with Gasteiger partial charge >= 0.3 is 0 Å². The van der Waals surface area contributed by atoms with E-state index < -0.39 is 0 Å². The highest BCUT2D eigenvalue weighted by Crippen LogP contribution is 2.42. The van der Waals surface area contributed by atoms with Crippen LogP contribution in [-0.2, 0) is 0 Å². The molecule has 3 aromatic carbocycles. The van der Waals surface area contributed by atoms with Crippen molar-refractivity contribution < 1.29 is 9.59 Å². The Balaban J connectivity index is 1.38. The Bertz CT molecular complexity index is 1540. The van der Waals surface area contributed by atoms with E-state index in [1.165, 1.54) is 9.60 Å². The molecule has 0 radical (unpaired) electrons. The lowest BCUT2D eigenvalue weighted by Crippen LogP contribution is -2.40. The van der Waals surface area contributed by atoms with Crippen molar-refractivity contribution in [3.8, 4) is 20.3 Å². The van der Waals surface area contributed by atoms with Crippen LogP contribution in [0.25, 0.3) is 41.3 Å². The van der Waals surface area contributed by atoms with Crippen LogP contribution in [0.3, 0.4) is 0 Å². The molecule has 5 aromatic rings. The summed E-state index contributed by atoms with van der Waals surface area (Å²) in [7, 11) is 0. The molecule has 3 heterocycles. The maximum Gasteiger partial charge on any atom is 0.261 e. The summed E-state index contributed by atoms with van der Waals surface area (Å²) in [5, 5.41) is 2.74. The molecule has 6 heteroatoms. The fourth-order valence-electron chi connectivity index (χ4n) is 4.84. The summed E-state index contributed by atoms with van der Waals surface area (Å²) in [6.45, 7) is 2.63. The zero-order valence-corrected chi connectivity index (χ0v) is 21.0. The van der Waals surface area contributed by atoms with Crippen molar-refractivity contribution in [1.29, 1.82) is 0 Å². The Morgan fingerprint density at radius 1 is 0.743 bits per heavy atom. The van der Waals surface area contributed by atoms with Gasteiger partial charge in [0.1, 0.15) is 5.01 Å². The number of amides is 2. The first-order valence-corrected chi connectivity index (χ1v) is 13.7. The van der Waals surface area contributed by atoms with Crippen LogP contribution in [0.15, 0.2) is 66.7 Å². The zero-order chi connectivity index (χ0) is 23.9. The van der Waals surface area contributed by atoms with E-state index in [1.54, 1.807) is 22.7 Å². The smallest absolute Gasteiger partial charge is 0.261 e. The topological polar surface area (TPSA) is 50.3 Å². The number of benzene rings is 3. The highest BCUT2D eigenvalue weighted by Gasteiger charge is 2.33. The molecule has 1 aliphatic heterocycles.